The van der Waals surface area contributed by atoms with Crippen molar-refractivity contribution in [3.05, 3.63) is 12.3 Å². The molecule has 0 aliphatic rings. The van der Waals surface area contributed by atoms with E-state index in [9.17, 15) is 0 Å². The van der Waals surface area contributed by atoms with Crippen molar-refractivity contribution < 1.29 is 9.84 Å². The largest absolute Gasteiger partial charge is 0.510 e. The molecule has 8 heavy (non-hydrogen) atoms. The van der Waals surface area contributed by atoms with Crippen molar-refractivity contribution in [3.63, 3.8) is 0 Å². The Kier molecular flexibility index (Phi) is 3.73. The summed E-state index contributed by atoms with van der Waals surface area (Å²) in [4.78, 5) is 0. The molecule has 2 heteroatoms. The number of aliphatic hydroxyl groups excluding tert-OH is 1. The highest BCUT2D eigenvalue weighted by atomic mass is 16.5. The summed E-state index contributed by atoms with van der Waals surface area (Å²) in [6, 6.07) is 0. The van der Waals surface area contributed by atoms with Crippen LogP contribution in [0.15, 0.2) is 12.3 Å². The average Bonchev–Trinajstić information content (AvgIpc) is 1.66. The summed E-state index contributed by atoms with van der Waals surface area (Å²) in [5, 5.41) is 8.39. The van der Waals surface area contributed by atoms with Crippen LogP contribution in [-0.2, 0) is 4.74 Å². The van der Waals surface area contributed by atoms with Gasteiger partial charge in [-0.1, -0.05) is 12.5 Å². The van der Waals surface area contributed by atoms with E-state index >= 15 is 0 Å². The third kappa shape index (κ3) is 5.06. The molecule has 0 amide bonds. The van der Waals surface area contributed by atoms with E-state index in [0.29, 0.717) is 0 Å². The van der Waals surface area contributed by atoms with Gasteiger partial charge in [0.25, 0.3) is 0 Å². The summed E-state index contributed by atoms with van der Waals surface area (Å²) in [5.41, 5.74) is 0. The number of hydrogen-bond donors (Lipinski definition) is 1. The lowest BCUT2D eigenvalue weighted by Gasteiger charge is -1.94. The Morgan fingerprint density at radius 1 is 1.88 bits per heavy atom. The van der Waals surface area contributed by atoms with E-state index in [1.807, 2.05) is 0 Å². The summed E-state index contributed by atoms with van der Waals surface area (Å²) < 4.78 is 4.66. The zero-order valence-electron chi connectivity index (χ0n) is 4.55. The van der Waals surface area contributed by atoms with Crippen LogP contribution in [0.3, 0.4) is 0 Å². The average molecular weight is 112 g/mol. The monoisotopic (exact) mass is 112 g/mol. The zero-order chi connectivity index (χ0) is 6.41. The third-order valence-electron chi connectivity index (χ3n) is 0.454. The molecule has 0 aromatic rings. The molecule has 0 fully saturated rings. The fraction of sp³-hybridized carbons (Fsp3) is 0.333. The fourth-order valence-electron chi connectivity index (χ4n) is 0.228. The van der Waals surface area contributed by atoms with Crippen LogP contribution < -0.4 is 0 Å². The zero-order valence-corrected chi connectivity index (χ0v) is 4.55. The summed E-state index contributed by atoms with van der Waals surface area (Å²) in [6.45, 7) is 3.54. The number of hydrogen-bond acceptors (Lipinski definition) is 2. The van der Waals surface area contributed by atoms with E-state index in [1.54, 1.807) is 0 Å². The highest BCUT2D eigenvalue weighted by Gasteiger charge is 1.84. The quantitative estimate of drug-likeness (QED) is 0.331. The lowest BCUT2D eigenvalue weighted by atomic mass is 10.6. The molecule has 0 saturated carbocycles. The second kappa shape index (κ2) is 4.23. The fourth-order valence-corrected chi connectivity index (χ4v) is 0.228. The van der Waals surface area contributed by atoms with Gasteiger partial charge in [-0.3, -0.25) is 0 Å². The molecule has 0 unspecified atom stereocenters. The normalized spacial score (nSPS) is 7.88. The molecule has 0 aliphatic heterocycles. The lowest BCUT2D eigenvalue weighted by molar-refractivity contribution is 0.157. The van der Waals surface area contributed by atoms with E-state index in [-0.39, 0.29) is 19.0 Å². The van der Waals surface area contributed by atoms with Gasteiger partial charge in [0.2, 0.25) is 0 Å². The van der Waals surface area contributed by atoms with Crippen molar-refractivity contribution >= 4 is 0 Å². The molecule has 1 N–H and O–H groups in total. The van der Waals surface area contributed by atoms with Gasteiger partial charge in [-0.25, -0.2) is 0 Å². The van der Waals surface area contributed by atoms with Crippen molar-refractivity contribution in [3.8, 4) is 12.3 Å². The molecule has 0 aromatic heterocycles. The molecule has 0 aliphatic carbocycles. The third-order valence-corrected chi connectivity index (χ3v) is 0.454. The first-order chi connectivity index (χ1) is 3.77. The van der Waals surface area contributed by atoms with Crippen LogP contribution in [0.25, 0.3) is 0 Å². The van der Waals surface area contributed by atoms with Crippen LogP contribution >= 0.6 is 0 Å². The van der Waals surface area contributed by atoms with Crippen LogP contribution in [0, 0.1) is 12.3 Å². The smallest absolute Gasteiger partial charge is 0.111 e. The minimum atomic E-state index is 0.000231. The van der Waals surface area contributed by atoms with Gasteiger partial charge in [0.1, 0.15) is 19.0 Å². The highest BCUT2D eigenvalue weighted by molar-refractivity contribution is 4.85. The maximum atomic E-state index is 8.39. The predicted octanol–water partition coefficient (Wildman–Crippen LogP) is 0.708. The minimum absolute atomic E-state index is 0.000231. The van der Waals surface area contributed by atoms with Crippen molar-refractivity contribution in [1.29, 1.82) is 0 Å². The molecule has 0 bridgehead atoms. The first-order valence-corrected chi connectivity index (χ1v) is 2.15. The van der Waals surface area contributed by atoms with E-state index in [4.69, 9.17) is 11.5 Å². The molecule has 2 nitrogen and oxygen atoms in total. The SMILES string of the molecule is C#CCOCC(=C)O. The van der Waals surface area contributed by atoms with Crippen molar-refractivity contribution in [2.24, 2.45) is 0 Å². The van der Waals surface area contributed by atoms with Crippen molar-refractivity contribution in [2.75, 3.05) is 13.2 Å². The molecule has 0 atom stereocenters. The van der Waals surface area contributed by atoms with E-state index in [2.05, 4.69) is 17.2 Å². The van der Waals surface area contributed by atoms with Crippen LogP contribution in [0.1, 0.15) is 0 Å². The second-order valence-electron chi connectivity index (χ2n) is 1.26. The van der Waals surface area contributed by atoms with Gasteiger partial charge >= 0.3 is 0 Å². The topological polar surface area (TPSA) is 29.5 Å². The van der Waals surface area contributed by atoms with Crippen LogP contribution in [-0.4, -0.2) is 18.3 Å². The Morgan fingerprint density at radius 3 is 2.88 bits per heavy atom. The van der Waals surface area contributed by atoms with Crippen molar-refractivity contribution in [2.45, 2.75) is 0 Å². The number of aliphatic hydroxyl groups is 1. The van der Waals surface area contributed by atoms with Gasteiger partial charge in [-0.15, -0.1) is 6.42 Å². The Balaban J connectivity index is 2.97. The van der Waals surface area contributed by atoms with Gasteiger partial charge in [0, 0.05) is 0 Å². The Bertz CT molecular complexity index is 110. The van der Waals surface area contributed by atoms with E-state index < -0.39 is 0 Å². The number of terminal acetylenes is 1. The second-order valence-corrected chi connectivity index (χ2v) is 1.26. The molecular formula is C6H8O2. The summed E-state index contributed by atoms with van der Waals surface area (Å²) >= 11 is 0. The van der Waals surface area contributed by atoms with Gasteiger partial charge in [0.05, 0.1) is 0 Å². The molecule has 44 valence electrons. The highest BCUT2D eigenvalue weighted by Crippen LogP contribution is 1.81. The summed E-state index contributed by atoms with van der Waals surface area (Å²) in [7, 11) is 0. The Morgan fingerprint density at radius 2 is 2.50 bits per heavy atom. The first kappa shape index (κ1) is 7.06. The maximum Gasteiger partial charge on any atom is 0.111 e. The van der Waals surface area contributed by atoms with Crippen molar-refractivity contribution in [1.82, 2.24) is 0 Å². The van der Waals surface area contributed by atoms with Crippen LogP contribution in [0.5, 0.6) is 0 Å². The molecule has 0 aromatic carbocycles. The summed E-state index contributed by atoms with van der Waals surface area (Å²) in [5.74, 6) is 2.25. The van der Waals surface area contributed by atoms with Gasteiger partial charge in [-0.05, 0) is 0 Å². The standard InChI is InChI=1S/C6H8O2/c1-3-4-8-5-6(2)7/h1,7H,2,4-5H2. The van der Waals surface area contributed by atoms with Crippen LogP contribution in [0.4, 0.5) is 0 Å². The Labute approximate surface area is 48.8 Å². The lowest BCUT2D eigenvalue weighted by Crippen LogP contribution is -1.95. The van der Waals surface area contributed by atoms with E-state index in [1.165, 1.54) is 0 Å². The predicted molar refractivity (Wildman–Crippen MR) is 31.4 cm³/mol. The van der Waals surface area contributed by atoms with Gasteiger partial charge in [-0.2, -0.15) is 0 Å². The molecule has 0 radical (unpaired) electrons. The van der Waals surface area contributed by atoms with Gasteiger partial charge in [0.15, 0.2) is 0 Å². The molecule has 0 rings (SSSR count). The number of ether oxygens (including phenoxy) is 1. The number of rotatable bonds is 3. The molecule has 0 saturated heterocycles. The Hall–Kier alpha value is -0.940. The maximum absolute atomic E-state index is 8.39. The molecule has 0 spiro atoms. The van der Waals surface area contributed by atoms with Crippen LogP contribution in [0.2, 0.25) is 0 Å². The molecule has 0 heterocycles. The first-order valence-electron chi connectivity index (χ1n) is 2.15. The van der Waals surface area contributed by atoms with Gasteiger partial charge < -0.3 is 9.84 Å². The van der Waals surface area contributed by atoms with E-state index in [0.717, 1.165) is 0 Å². The minimum Gasteiger partial charge on any atom is -0.510 e. The summed E-state index contributed by atoms with van der Waals surface area (Å²) in [6.07, 6.45) is 4.83. The molecular weight excluding hydrogens is 104 g/mol.